The predicted octanol–water partition coefficient (Wildman–Crippen LogP) is 9.77. The lowest BCUT2D eigenvalue weighted by molar-refractivity contribution is -0.267. The first-order valence-corrected chi connectivity index (χ1v) is 19.0. The number of alkyl halides is 6. The van der Waals surface area contributed by atoms with Crippen LogP contribution in [0.3, 0.4) is 0 Å². The number of ketones is 1. The highest BCUT2D eigenvalue weighted by molar-refractivity contribution is 5.83. The number of likely N-dealkylation sites (tertiary alicyclic amines) is 1. The van der Waals surface area contributed by atoms with E-state index in [-0.39, 0.29) is 30.1 Å². The molecular weight excluding hydrogens is 604 g/mol. The number of Topliss-reactive ketones (excluding diaryl/α,β-unsaturated/α-hetero) is 1. The summed E-state index contributed by atoms with van der Waals surface area (Å²) in [5, 5.41) is 0. The molecule has 7 unspecified atom stereocenters. The quantitative estimate of drug-likeness (QED) is 0.275. The number of halogens is 6. The number of nitrogens with zero attached hydrogens (tertiary/aromatic N) is 1. The summed E-state index contributed by atoms with van der Waals surface area (Å²) in [5.41, 5.74) is 0. The molecule has 0 aromatic carbocycles. The normalized spacial score (nSPS) is 46.1. The lowest BCUT2D eigenvalue weighted by Gasteiger charge is -2.44. The monoisotopic (exact) mass is 659 g/mol. The summed E-state index contributed by atoms with van der Waals surface area (Å²) >= 11 is 0. The van der Waals surface area contributed by atoms with Crippen LogP contribution < -0.4 is 0 Å². The molecule has 0 spiro atoms. The van der Waals surface area contributed by atoms with Crippen LogP contribution >= 0.6 is 0 Å². The molecule has 0 amide bonds. The highest BCUT2D eigenvalue weighted by Gasteiger charge is 2.57. The van der Waals surface area contributed by atoms with Crippen molar-refractivity contribution in [3.63, 3.8) is 0 Å². The molecule has 0 N–H and O–H groups in total. The number of carbonyl (C=O) groups excluding carboxylic acids is 1. The molecule has 2 aliphatic heterocycles. The van der Waals surface area contributed by atoms with Crippen molar-refractivity contribution in [3.8, 4) is 0 Å². The van der Waals surface area contributed by atoms with Gasteiger partial charge in [-0.3, -0.25) is 9.69 Å². The van der Waals surface area contributed by atoms with Gasteiger partial charge in [0.2, 0.25) is 0 Å². The van der Waals surface area contributed by atoms with Crippen molar-refractivity contribution in [2.45, 2.75) is 153 Å². The smallest absolute Gasteiger partial charge is 0.378 e. The summed E-state index contributed by atoms with van der Waals surface area (Å²) < 4.78 is 87.0. The topological polar surface area (TPSA) is 29.5 Å². The molecule has 7 fully saturated rings. The van der Waals surface area contributed by atoms with Crippen molar-refractivity contribution in [1.82, 2.24) is 4.90 Å². The van der Waals surface area contributed by atoms with Gasteiger partial charge in [-0.05, 0) is 164 Å². The minimum atomic E-state index is -4.83. The third-order valence-electron chi connectivity index (χ3n) is 14.8. The highest BCUT2D eigenvalue weighted by atomic mass is 19.4. The molecule has 2 saturated heterocycles. The second kappa shape index (κ2) is 13.5. The first kappa shape index (κ1) is 33.7. The largest absolute Gasteiger partial charge is 0.392 e. The number of rotatable bonds is 5. The summed E-state index contributed by atoms with van der Waals surface area (Å²) in [4.78, 5) is 16.4. The van der Waals surface area contributed by atoms with Crippen LogP contribution in [0.4, 0.5) is 26.3 Å². The summed E-state index contributed by atoms with van der Waals surface area (Å²) in [6.07, 6.45) is 7.67. The average Bonchev–Trinajstić information content (AvgIpc) is 3.69. The molecule has 5 aliphatic carbocycles. The van der Waals surface area contributed by atoms with Crippen LogP contribution in [0.15, 0.2) is 0 Å². The molecule has 5 saturated carbocycles. The van der Waals surface area contributed by atoms with Gasteiger partial charge in [-0.1, -0.05) is 0 Å². The number of carbonyl (C=O) groups is 1. The van der Waals surface area contributed by atoms with Crippen molar-refractivity contribution in [3.05, 3.63) is 0 Å². The van der Waals surface area contributed by atoms with E-state index in [0.29, 0.717) is 37.6 Å². The molecule has 0 radical (unpaired) electrons. The van der Waals surface area contributed by atoms with E-state index in [9.17, 15) is 31.1 Å². The van der Waals surface area contributed by atoms with E-state index in [2.05, 4.69) is 4.90 Å². The van der Waals surface area contributed by atoms with E-state index in [4.69, 9.17) is 4.74 Å². The van der Waals surface area contributed by atoms with Gasteiger partial charge in [-0.25, -0.2) is 0 Å². The Kier molecular flexibility index (Phi) is 9.86. The van der Waals surface area contributed by atoms with Crippen LogP contribution in [0, 0.1) is 59.2 Å². The van der Waals surface area contributed by atoms with Gasteiger partial charge in [0.25, 0.3) is 0 Å². The third kappa shape index (κ3) is 6.94. The van der Waals surface area contributed by atoms with Crippen LogP contribution in [0.1, 0.15) is 122 Å². The van der Waals surface area contributed by atoms with Crippen LogP contribution in [0.25, 0.3) is 0 Å². The zero-order valence-corrected chi connectivity index (χ0v) is 27.4. The van der Waals surface area contributed by atoms with Crippen LogP contribution in [-0.2, 0) is 9.53 Å². The molecule has 3 nitrogen and oxygen atoms in total. The lowest BCUT2D eigenvalue weighted by Crippen LogP contribution is -2.47. The minimum absolute atomic E-state index is 0.00599. The fourth-order valence-electron chi connectivity index (χ4n) is 12.2. The highest BCUT2D eigenvalue weighted by Crippen LogP contribution is 2.53. The van der Waals surface area contributed by atoms with Gasteiger partial charge in [0.05, 0.1) is 17.9 Å². The van der Waals surface area contributed by atoms with Gasteiger partial charge in [0, 0.05) is 30.5 Å². The van der Waals surface area contributed by atoms with Crippen molar-refractivity contribution in [1.29, 1.82) is 0 Å². The first-order chi connectivity index (χ1) is 22.0. The van der Waals surface area contributed by atoms with Gasteiger partial charge in [0.15, 0.2) is 0 Å². The van der Waals surface area contributed by atoms with Crippen molar-refractivity contribution in [2.75, 3.05) is 13.2 Å². The number of ether oxygens (including phenoxy) is 1. The molecule has 0 bridgehead atoms. The van der Waals surface area contributed by atoms with Crippen molar-refractivity contribution < 1.29 is 35.9 Å². The Labute approximate surface area is 271 Å². The van der Waals surface area contributed by atoms with E-state index < -0.39 is 37.0 Å². The van der Waals surface area contributed by atoms with Gasteiger partial charge < -0.3 is 4.74 Å². The maximum Gasteiger partial charge on any atom is 0.392 e. The predicted molar refractivity (Wildman–Crippen MR) is 164 cm³/mol. The fourth-order valence-corrected chi connectivity index (χ4v) is 12.2. The molecule has 7 rings (SSSR count). The van der Waals surface area contributed by atoms with Gasteiger partial charge in [-0.15, -0.1) is 0 Å². The first-order valence-electron chi connectivity index (χ1n) is 19.0. The maximum atomic E-state index is 13.6. The van der Waals surface area contributed by atoms with Gasteiger partial charge in [0.1, 0.15) is 5.78 Å². The summed E-state index contributed by atoms with van der Waals surface area (Å²) in [6.45, 7) is 2.23. The molecule has 46 heavy (non-hydrogen) atoms. The zero-order valence-electron chi connectivity index (χ0n) is 27.4. The maximum absolute atomic E-state index is 13.6. The van der Waals surface area contributed by atoms with Gasteiger partial charge >= 0.3 is 12.4 Å². The van der Waals surface area contributed by atoms with E-state index >= 15 is 0 Å². The molecule has 2 heterocycles. The standard InChI is InChI=1S/C37H55F6NO2/c38-36(39,40)31-14-11-27(20-32(31)37(41,42)43)24-3-7-26(8-4-24)35(45)25-5-1-22(2-6-25)23-9-12-30(13-10-23)44-17-15-28-19-29-16-18-46-34(29)21-33(28)44/h22-34H,1-21H2. The summed E-state index contributed by atoms with van der Waals surface area (Å²) in [5.74, 6) is -1.25. The van der Waals surface area contributed by atoms with E-state index in [1.54, 1.807) is 0 Å². The molecule has 262 valence electrons. The second-order valence-corrected chi connectivity index (χ2v) is 16.8. The van der Waals surface area contributed by atoms with Crippen molar-refractivity contribution in [2.24, 2.45) is 59.2 Å². The summed E-state index contributed by atoms with van der Waals surface area (Å²) in [7, 11) is 0. The average molecular weight is 660 g/mol. The van der Waals surface area contributed by atoms with Gasteiger partial charge in [-0.2, -0.15) is 26.3 Å². The molecule has 0 aromatic rings. The molecule has 7 aliphatic rings. The fraction of sp³-hybridized carbons (Fsp3) is 0.973. The Hall–Kier alpha value is -0.830. The Morgan fingerprint density at radius 2 is 1.07 bits per heavy atom. The molecule has 9 heteroatoms. The van der Waals surface area contributed by atoms with E-state index in [1.165, 1.54) is 57.9 Å². The second-order valence-electron chi connectivity index (χ2n) is 16.8. The number of hydrogen-bond donors (Lipinski definition) is 0. The third-order valence-corrected chi connectivity index (χ3v) is 14.8. The minimum Gasteiger partial charge on any atom is -0.378 e. The summed E-state index contributed by atoms with van der Waals surface area (Å²) in [6, 6.07) is 1.47. The molecular formula is C37H55F6NO2. The lowest BCUT2D eigenvalue weighted by atomic mass is 9.64. The SMILES string of the molecule is O=C(C1CCC(C2CCC(N3CCC4CC5CCOC5CC43)CC2)CC1)C1CCC(C2CCC(C(F)(F)F)C(C(F)(F)F)C2)CC1. The van der Waals surface area contributed by atoms with E-state index in [1.807, 2.05) is 0 Å². The number of hydrogen-bond acceptors (Lipinski definition) is 3. The Morgan fingerprint density at radius 3 is 1.65 bits per heavy atom. The van der Waals surface area contributed by atoms with E-state index in [0.717, 1.165) is 68.0 Å². The number of fused-ring (bicyclic) bond motifs is 2. The Balaban J connectivity index is 0.833. The van der Waals surface area contributed by atoms with Crippen LogP contribution in [0.2, 0.25) is 0 Å². The van der Waals surface area contributed by atoms with Crippen LogP contribution in [-0.4, -0.2) is 54.4 Å². The van der Waals surface area contributed by atoms with Crippen LogP contribution in [0.5, 0.6) is 0 Å². The Morgan fingerprint density at radius 1 is 0.522 bits per heavy atom. The Bertz CT molecular complexity index is 1040. The van der Waals surface area contributed by atoms with Crippen molar-refractivity contribution >= 4 is 5.78 Å². The molecule has 0 aromatic heterocycles. The zero-order chi connectivity index (χ0) is 32.2. The molecule has 7 atom stereocenters.